The van der Waals surface area contributed by atoms with Gasteiger partial charge in [-0.25, -0.2) is 0 Å². The van der Waals surface area contributed by atoms with Crippen molar-refractivity contribution in [3.8, 4) is 0 Å². The maximum atomic E-state index is 6.03. The zero-order valence-electron chi connectivity index (χ0n) is 11.2. The quantitative estimate of drug-likeness (QED) is 0.543. The predicted molar refractivity (Wildman–Crippen MR) is 76.5 cm³/mol. The van der Waals surface area contributed by atoms with Gasteiger partial charge in [-0.3, -0.25) is 0 Å². The van der Waals surface area contributed by atoms with Gasteiger partial charge in [0.2, 0.25) is 0 Å². The normalized spacial score (nSPS) is 23.4. The van der Waals surface area contributed by atoms with Crippen LogP contribution in [-0.4, -0.2) is 6.10 Å². The summed E-state index contributed by atoms with van der Waals surface area (Å²) in [6, 6.07) is 10.7. The molecule has 0 radical (unpaired) electrons. The summed E-state index contributed by atoms with van der Waals surface area (Å²) in [4.78, 5) is 0. The first-order valence-electron chi connectivity index (χ1n) is 6.75. The summed E-state index contributed by atoms with van der Waals surface area (Å²) >= 11 is 0. The molecule has 1 nitrogen and oxygen atoms in total. The van der Waals surface area contributed by atoms with E-state index in [9.17, 15) is 0 Å². The van der Waals surface area contributed by atoms with Gasteiger partial charge in [0.15, 0.2) is 0 Å². The average Bonchev–Trinajstić information content (AvgIpc) is 2.40. The Labute approximate surface area is 110 Å². The third-order valence-corrected chi connectivity index (χ3v) is 3.70. The average molecular weight is 242 g/mol. The summed E-state index contributed by atoms with van der Waals surface area (Å²) in [7, 11) is 0. The molecule has 18 heavy (non-hydrogen) atoms. The van der Waals surface area contributed by atoms with Crippen LogP contribution in [0.15, 0.2) is 54.8 Å². The van der Waals surface area contributed by atoms with Crippen molar-refractivity contribution in [1.29, 1.82) is 0 Å². The molecule has 2 atom stereocenters. The maximum absolute atomic E-state index is 6.03. The highest BCUT2D eigenvalue weighted by atomic mass is 16.5. The van der Waals surface area contributed by atoms with Crippen molar-refractivity contribution in [2.75, 3.05) is 0 Å². The van der Waals surface area contributed by atoms with Crippen molar-refractivity contribution in [2.24, 2.45) is 0 Å². The van der Waals surface area contributed by atoms with Crippen LogP contribution in [0.5, 0.6) is 0 Å². The molecule has 2 rings (SSSR count). The minimum absolute atomic E-state index is 0.255. The number of ether oxygens (including phenoxy) is 1. The first kappa shape index (κ1) is 12.9. The van der Waals surface area contributed by atoms with Crippen molar-refractivity contribution in [1.82, 2.24) is 0 Å². The fraction of sp³-hybridized carbons (Fsp3) is 0.412. The van der Waals surface area contributed by atoms with E-state index in [0.717, 1.165) is 17.8 Å². The molecule has 0 spiro atoms. The van der Waals surface area contributed by atoms with Gasteiger partial charge in [0.1, 0.15) is 11.9 Å². The summed E-state index contributed by atoms with van der Waals surface area (Å²) in [5, 5.41) is 0. The Morgan fingerprint density at radius 3 is 2.44 bits per heavy atom. The van der Waals surface area contributed by atoms with E-state index in [2.05, 4.69) is 43.5 Å². The molecule has 1 aromatic rings. The smallest absolute Gasteiger partial charge is 0.114 e. The van der Waals surface area contributed by atoms with Crippen molar-refractivity contribution in [3.05, 3.63) is 60.4 Å². The Bertz CT molecular complexity index is 418. The van der Waals surface area contributed by atoms with Crippen LogP contribution in [0.1, 0.15) is 44.1 Å². The molecular weight excluding hydrogens is 220 g/mol. The molecule has 0 saturated heterocycles. The number of hydrogen-bond donors (Lipinski definition) is 0. The highest BCUT2D eigenvalue weighted by Crippen LogP contribution is 2.36. The third-order valence-electron chi connectivity index (χ3n) is 3.70. The van der Waals surface area contributed by atoms with Crippen LogP contribution in [0.25, 0.3) is 0 Å². The molecule has 1 aliphatic rings. The SMILES string of the molecule is C=C(C)C(=C)O[C@H]1CCCC[C@@H]1c1ccccc1. The number of benzene rings is 1. The van der Waals surface area contributed by atoms with Gasteiger partial charge >= 0.3 is 0 Å². The summed E-state index contributed by atoms with van der Waals surface area (Å²) in [5.41, 5.74) is 2.31. The Balaban J connectivity index is 2.11. The van der Waals surface area contributed by atoms with E-state index >= 15 is 0 Å². The van der Waals surface area contributed by atoms with Gasteiger partial charge < -0.3 is 4.74 Å². The topological polar surface area (TPSA) is 9.23 Å². The van der Waals surface area contributed by atoms with Crippen LogP contribution in [0.3, 0.4) is 0 Å². The van der Waals surface area contributed by atoms with Crippen molar-refractivity contribution in [2.45, 2.75) is 44.6 Å². The van der Waals surface area contributed by atoms with Gasteiger partial charge in [-0.2, -0.15) is 0 Å². The highest BCUT2D eigenvalue weighted by molar-refractivity contribution is 5.23. The van der Waals surface area contributed by atoms with E-state index in [0.29, 0.717) is 5.92 Å². The second-order valence-corrected chi connectivity index (χ2v) is 5.16. The zero-order chi connectivity index (χ0) is 13.0. The first-order chi connectivity index (χ1) is 8.68. The highest BCUT2D eigenvalue weighted by Gasteiger charge is 2.28. The van der Waals surface area contributed by atoms with Crippen LogP contribution < -0.4 is 0 Å². The lowest BCUT2D eigenvalue weighted by Gasteiger charge is -2.33. The molecule has 0 N–H and O–H groups in total. The Morgan fingerprint density at radius 1 is 1.11 bits per heavy atom. The molecule has 0 aromatic heterocycles. The molecule has 1 heteroatoms. The van der Waals surface area contributed by atoms with Crippen molar-refractivity contribution < 1.29 is 4.74 Å². The summed E-state index contributed by atoms with van der Waals surface area (Å²) in [6.07, 6.45) is 5.12. The van der Waals surface area contributed by atoms with Crippen molar-refractivity contribution >= 4 is 0 Å². The molecule has 1 aliphatic carbocycles. The van der Waals surface area contributed by atoms with Gasteiger partial charge in [0.05, 0.1) is 0 Å². The Hall–Kier alpha value is -1.50. The fourth-order valence-electron chi connectivity index (χ4n) is 2.60. The minimum atomic E-state index is 0.255. The van der Waals surface area contributed by atoms with Crippen LogP contribution in [0.2, 0.25) is 0 Å². The second kappa shape index (κ2) is 5.90. The number of hydrogen-bond acceptors (Lipinski definition) is 1. The van der Waals surface area contributed by atoms with E-state index in [1.807, 2.05) is 6.92 Å². The van der Waals surface area contributed by atoms with Gasteiger partial charge in [-0.1, -0.05) is 49.9 Å². The van der Waals surface area contributed by atoms with Gasteiger partial charge in [0, 0.05) is 5.92 Å². The van der Waals surface area contributed by atoms with Gasteiger partial charge in [0.25, 0.3) is 0 Å². The van der Waals surface area contributed by atoms with E-state index in [4.69, 9.17) is 4.74 Å². The Kier molecular flexibility index (Phi) is 4.24. The molecule has 0 aliphatic heterocycles. The third kappa shape index (κ3) is 3.04. The van der Waals surface area contributed by atoms with Gasteiger partial charge in [-0.05, 0) is 37.3 Å². The second-order valence-electron chi connectivity index (χ2n) is 5.16. The monoisotopic (exact) mass is 242 g/mol. The van der Waals surface area contributed by atoms with Crippen LogP contribution in [-0.2, 0) is 4.74 Å². The standard InChI is InChI=1S/C17H22O/c1-13(2)14(3)18-17-12-8-7-11-16(17)15-9-5-4-6-10-15/h4-6,9-10,16-17H,1,3,7-8,11-12H2,2H3/t16-,17+/m1/s1. The first-order valence-corrected chi connectivity index (χ1v) is 6.75. The van der Waals surface area contributed by atoms with Crippen molar-refractivity contribution in [3.63, 3.8) is 0 Å². The van der Waals surface area contributed by atoms with Gasteiger partial charge in [-0.15, -0.1) is 0 Å². The predicted octanol–water partition coefficient (Wildman–Crippen LogP) is 4.82. The summed E-state index contributed by atoms with van der Waals surface area (Å²) in [5.74, 6) is 1.24. The Morgan fingerprint density at radius 2 is 1.78 bits per heavy atom. The van der Waals surface area contributed by atoms with E-state index in [1.54, 1.807) is 0 Å². The van der Waals surface area contributed by atoms with E-state index in [1.165, 1.54) is 24.8 Å². The molecule has 0 bridgehead atoms. The van der Waals surface area contributed by atoms with E-state index in [-0.39, 0.29) is 6.10 Å². The van der Waals surface area contributed by atoms with Crippen LogP contribution in [0, 0.1) is 0 Å². The molecule has 1 aromatic carbocycles. The molecule has 0 amide bonds. The maximum Gasteiger partial charge on any atom is 0.114 e. The molecule has 1 fully saturated rings. The minimum Gasteiger partial charge on any atom is -0.490 e. The molecule has 1 saturated carbocycles. The molecular formula is C17H22O. The lowest BCUT2D eigenvalue weighted by Crippen LogP contribution is -2.26. The lowest BCUT2D eigenvalue weighted by atomic mass is 9.81. The fourth-order valence-corrected chi connectivity index (χ4v) is 2.60. The summed E-state index contributed by atoms with van der Waals surface area (Å²) < 4.78 is 6.03. The molecule has 96 valence electrons. The molecule has 0 unspecified atom stereocenters. The summed E-state index contributed by atoms with van der Waals surface area (Å²) in [6.45, 7) is 9.80. The molecule has 0 heterocycles. The van der Waals surface area contributed by atoms with E-state index < -0.39 is 0 Å². The number of allylic oxidation sites excluding steroid dienone is 1. The number of rotatable bonds is 4. The van der Waals surface area contributed by atoms with Crippen LogP contribution in [0.4, 0.5) is 0 Å². The zero-order valence-corrected chi connectivity index (χ0v) is 11.2. The lowest BCUT2D eigenvalue weighted by molar-refractivity contribution is 0.0687. The largest absolute Gasteiger partial charge is 0.490 e. The van der Waals surface area contributed by atoms with Crippen LogP contribution >= 0.6 is 0 Å².